The van der Waals surface area contributed by atoms with Crippen LogP contribution in [-0.2, 0) is 6.42 Å². The maximum absolute atomic E-state index is 5.68. The molecule has 1 N–H and O–H groups in total. The number of aromatic nitrogens is 3. The van der Waals surface area contributed by atoms with Gasteiger partial charge in [-0.2, -0.15) is 10.1 Å². The standard InChI is InChI=1S/C21H24N4O2/c1-4-14-8-10-15(11-9-14)17-12-18(25-21(24-17)22-13-23-25)16-6-5-7-19(26-2)20(16)27-3/h5-11,13,17-18H,4,12H2,1-3H3,(H,22,23,24). The van der Waals surface area contributed by atoms with E-state index in [1.165, 1.54) is 11.1 Å². The highest BCUT2D eigenvalue weighted by atomic mass is 16.5. The fraction of sp³-hybridized carbons (Fsp3) is 0.333. The second-order valence-electron chi connectivity index (χ2n) is 6.65. The van der Waals surface area contributed by atoms with Gasteiger partial charge in [0.15, 0.2) is 11.5 Å². The van der Waals surface area contributed by atoms with Gasteiger partial charge in [0.2, 0.25) is 5.95 Å². The van der Waals surface area contributed by atoms with Crippen LogP contribution in [0.3, 0.4) is 0 Å². The molecule has 2 heterocycles. The van der Waals surface area contributed by atoms with Crippen LogP contribution in [0, 0.1) is 0 Å². The zero-order chi connectivity index (χ0) is 18.8. The monoisotopic (exact) mass is 364 g/mol. The summed E-state index contributed by atoms with van der Waals surface area (Å²) in [5, 5.41) is 7.96. The van der Waals surface area contributed by atoms with Crippen molar-refractivity contribution in [3.05, 3.63) is 65.5 Å². The summed E-state index contributed by atoms with van der Waals surface area (Å²) in [6, 6.07) is 14.9. The minimum Gasteiger partial charge on any atom is -0.493 e. The summed E-state index contributed by atoms with van der Waals surface area (Å²) in [6.07, 6.45) is 3.46. The van der Waals surface area contributed by atoms with Crippen molar-refractivity contribution < 1.29 is 9.47 Å². The zero-order valence-electron chi connectivity index (χ0n) is 15.8. The molecule has 0 amide bonds. The Balaban J connectivity index is 1.75. The molecule has 1 aliphatic heterocycles. The molecular weight excluding hydrogens is 340 g/mol. The van der Waals surface area contributed by atoms with Crippen molar-refractivity contribution in [3.63, 3.8) is 0 Å². The van der Waals surface area contributed by atoms with Crippen molar-refractivity contribution in [2.24, 2.45) is 0 Å². The maximum atomic E-state index is 5.68. The molecule has 0 aliphatic carbocycles. The van der Waals surface area contributed by atoms with Gasteiger partial charge in [0.1, 0.15) is 6.33 Å². The summed E-state index contributed by atoms with van der Waals surface area (Å²) in [5.41, 5.74) is 3.62. The van der Waals surface area contributed by atoms with Crippen LogP contribution in [0.4, 0.5) is 5.95 Å². The number of benzene rings is 2. The minimum absolute atomic E-state index is 0.00431. The molecule has 6 nitrogen and oxygen atoms in total. The lowest BCUT2D eigenvalue weighted by atomic mass is 9.92. The highest BCUT2D eigenvalue weighted by Crippen LogP contribution is 2.43. The van der Waals surface area contributed by atoms with Crippen molar-refractivity contribution in [3.8, 4) is 11.5 Å². The second-order valence-corrected chi connectivity index (χ2v) is 6.65. The van der Waals surface area contributed by atoms with E-state index in [0.29, 0.717) is 0 Å². The third-order valence-electron chi connectivity index (χ3n) is 5.21. The van der Waals surface area contributed by atoms with Gasteiger partial charge in [0.25, 0.3) is 0 Å². The van der Waals surface area contributed by atoms with Gasteiger partial charge in [0.05, 0.1) is 26.3 Å². The number of aryl methyl sites for hydroxylation is 1. The quantitative estimate of drug-likeness (QED) is 0.741. The van der Waals surface area contributed by atoms with Crippen LogP contribution in [0.1, 0.15) is 42.1 Å². The molecule has 0 bridgehead atoms. The number of rotatable bonds is 5. The number of methoxy groups -OCH3 is 2. The summed E-state index contributed by atoms with van der Waals surface area (Å²) >= 11 is 0. The summed E-state index contributed by atoms with van der Waals surface area (Å²) in [7, 11) is 3.33. The number of ether oxygens (including phenoxy) is 2. The van der Waals surface area contributed by atoms with Gasteiger partial charge in [-0.1, -0.05) is 43.3 Å². The average molecular weight is 364 g/mol. The van der Waals surface area contributed by atoms with E-state index in [4.69, 9.17) is 9.47 Å². The van der Waals surface area contributed by atoms with Gasteiger partial charge in [-0.15, -0.1) is 0 Å². The van der Waals surface area contributed by atoms with Crippen molar-refractivity contribution >= 4 is 5.95 Å². The minimum atomic E-state index is 0.00431. The fourth-order valence-electron chi connectivity index (χ4n) is 3.76. The number of para-hydroxylation sites is 1. The summed E-state index contributed by atoms with van der Waals surface area (Å²) in [4.78, 5) is 4.41. The topological polar surface area (TPSA) is 61.2 Å². The van der Waals surface area contributed by atoms with E-state index in [-0.39, 0.29) is 12.1 Å². The Hall–Kier alpha value is -3.02. The third kappa shape index (κ3) is 3.12. The first-order valence-corrected chi connectivity index (χ1v) is 9.21. The van der Waals surface area contributed by atoms with Crippen molar-refractivity contribution in [2.75, 3.05) is 19.5 Å². The zero-order valence-corrected chi connectivity index (χ0v) is 15.8. The van der Waals surface area contributed by atoms with Crippen LogP contribution in [0.5, 0.6) is 11.5 Å². The molecule has 0 fully saturated rings. The third-order valence-corrected chi connectivity index (χ3v) is 5.21. The van der Waals surface area contributed by atoms with E-state index >= 15 is 0 Å². The lowest BCUT2D eigenvalue weighted by Gasteiger charge is -2.32. The fourth-order valence-corrected chi connectivity index (χ4v) is 3.76. The molecule has 2 unspecified atom stereocenters. The van der Waals surface area contributed by atoms with Crippen LogP contribution in [-0.4, -0.2) is 29.0 Å². The van der Waals surface area contributed by atoms with E-state index in [9.17, 15) is 0 Å². The molecule has 1 aliphatic rings. The van der Waals surface area contributed by atoms with Crippen LogP contribution in [0.15, 0.2) is 48.8 Å². The van der Waals surface area contributed by atoms with Gasteiger partial charge in [0, 0.05) is 5.56 Å². The molecule has 6 heteroatoms. The number of fused-ring (bicyclic) bond motifs is 1. The van der Waals surface area contributed by atoms with Crippen LogP contribution < -0.4 is 14.8 Å². The van der Waals surface area contributed by atoms with E-state index in [0.717, 1.165) is 35.9 Å². The Morgan fingerprint density at radius 3 is 2.63 bits per heavy atom. The molecule has 2 aromatic carbocycles. The van der Waals surface area contributed by atoms with E-state index in [2.05, 4.69) is 52.7 Å². The SMILES string of the molecule is CCc1ccc(C2CC(c3cccc(OC)c3OC)n3ncnc3N2)cc1. The van der Waals surface area contributed by atoms with E-state index in [1.807, 2.05) is 16.8 Å². The van der Waals surface area contributed by atoms with Gasteiger partial charge < -0.3 is 14.8 Å². The number of nitrogens with one attached hydrogen (secondary N) is 1. The number of anilines is 1. The number of nitrogens with zero attached hydrogens (tertiary/aromatic N) is 3. The first-order chi connectivity index (χ1) is 13.2. The largest absolute Gasteiger partial charge is 0.493 e. The van der Waals surface area contributed by atoms with E-state index < -0.39 is 0 Å². The molecule has 3 aromatic rings. The Kier molecular flexibility index (Phi) is 4.71. The maximum Gasteiger partial charge on any atom is 0.222 e. The molecule has 140 valence electrons. The first-order valence-electron chi connectivity index (χ1n) is 9.21. The first kappa shape index (κ1) is 17.4. The molecule has 0 spiro atoms. The van der Waals surface area contributed by atoms with Crippen molar-refractivity contribution in [1.82, 2.24) is 14.8 Å². The number of hydrogen-bond donors (Lipinski definition) is 1. The summed E-state index contributed by atoms with van der Waals surface area (Å²) in [5.74, 6) is 2.23. The Morgan fingerprint density at radius 1 is 1.11 bits per heavy atom. The molecule has 0 saturated carbocycles. The summed E-state index contributed by atoms with van der Waals surface area (Å²) in [6.45, 7) is 2.17. The Morgan fingerprint density at radius 2 is 1.93 bits per heavy atom. The smallest absolute Gasteiger partial charge is 0.222 e. The predicted octanol–water partition coefficient (Wildman–Crippen LogP) is 4.00. The van der Waals surface area contributed by atoms with Gasteiger partial charge >= 0.3 is 0 Å². The Labute approximate surface area is 159 Å². The van der Waals surface area contributed by atoms with Crippen molar-refractivity contribution in [2.45, 2.75) is 31.8 Å². The molecule has 27 heavy (non-hydrogen) atoms. The average Bonchev–Trinajstić information content (AvgIpc) is 3.21. The van der Waals surface area contributed by atoms with Crippen LogP contribution in [0.2, 0.25) is 0 Å². The molecular formula is C21H24N4O2. The lowest BCUT2D eigenvalue weighted by molar-refractivity contribution is 0.340. The summed E-state index contributed by atoms with van der Waals surface area (Å²) < 4.78 is 13.1. The van der Waals surface area contributed by atoms with Crippen molar-refractivity contribution in [1.29, 1.82) is 0 Å². The molecule has 2 atom stereocenters. The van der Waals surface area contributed by atoms with Gasteiger partial charge in [-0.3, -0.25) is 0 Å². The highest BCUT2D eigenvalue weighted by Gasteiger charge is 2.32. The molecule has 4 rings (SSSR count). The predicted molar refractivity (Wildman–Crippen MR) is 105 cm³/mol. The normalized spacial score (nSPS) is 18.5. The highest BCUT2D eigenvalue weighted by molar-refractivity contribution is 5.50. The van der Waals surface area contributed by atoms with Gasteiger partial charge in [-0.05, 0) is 30.0 Å². The second kappa shape index (κ2) is 7.31. The lowest BCUT2D eigenvalue weighted by Crippen LogP contribution is -2.28. The van der Waals surface area contributed by atoms with Crippen LogP contribution in [0.25, 0.3) is 0 Å². The molecule has 0 saturated heterocycles. The molecule has 1 aromatic heterocycles. The van der Waals surface area contributed by atoms with Gasteiger partial charge in [-0.25, -0.2) is 4.68 Å². The molecule has 0 radical (unpaired) electrons. The Bertz CT molecular complexity index is 920. The number of hydrogen-bond acceptors (Lipinski definition) is 5. The van der Waals surface area contributed by atoms with E-state index in [1.54, 1.807) is 20.5 Å². The van der Waals surface area contributed by atoms with Crippen LogP contribution >= 0.6 is 0 Å².